The normalized spacial score (nSPS) is 16.7. The summed E-state index contributed by atoms with van der Waals surface area (Å²) in [6.45, 7) is 3.26. The fourth-order valence-corrected chi connectivity index (χ4v) is 3.28. The molecule has 1 N–H and O–H groups in total. The van der Waals surface area contributed by atoms with Crippen molar-refractivity contribution in [3.63, 3.8) is 0 Å². The van der Waals surface area contributed by atoms with E-state index in [4.69, 9.17) is 0 Å². The van der Waals surface area contributed by atoms with E-state index in [0.717, 1.165) is 37.1 Å². The first kappa shape index (κ1) is 16.4. The van der Waals surface area contributed by atoms with E-state index in [1.165, 1.54) is 5.56 Å². The van der Waals surface area contributed by atoms with Crippen LogP contribution in [0.1, 0.15) is 42.1 Å². The number of hydrogen-bond donors (Lipinski definition) is 1. The Morgan fingerprint density at radius 3 is 3.15 bits per heavy atom. The highest BCUT2D eigenvalue weighted by Gasteiger charge is 2.28. The Morgan fingerprint density at radius 1 is 1.35 bits per heavy atom. The molecule has 0 aliphatic carbocycles. The SMILES string of the molecule is Cc1cccc(-n2cc(CNC(=O)[C@H]3CCCCn4nnnc43)cn2)c1. The van der Waals surface area contributed by atoms with Crippen LogP contribution in [-0.4, -0.2) is 35.9 Å². The molecule has 0 unspecified atom stereocenters. The van der Waals surface area contributed by atoms with Crippen LogP contribution in [0.3, 0.4) is 0 Å². The second kappa shape index (κ2) is 7.07. The van der Waals surface area contributed by atoms with Gasteiger partial charge in [-0.15, -0.1) is 5.10 Å². The summed E-state index contributed by atoms with van der Waals surface area (Å²) >= 11 is 0. The third kappa shape index (κ3) is 3.35. The summed E-state index contributed by atoms with van der Waals surface area (Å²) in [6, 6.07) is 8.13. The first-order valence-electron chi connectivity index (χ1n) is 8.85. The number of aryl methyl sites for hydroxylation is 2. The molecule has 0 bridgehead atoms. The molecule has 2 aromatic heterocycles. The lowest BCUT2D eigenvalue weighted by Gasteiger charge is -2.12. The van der Waals surface area contributed by atoms with Crippen molar-refractivity contribution in [1.29, 1.82) is 0 Å². The van der Waals surface area contributed by atoms with Gasteiger partial charge in [0.25, 0.3) is 0 Å². The van der Waals surface area contributed by atoms with Gasteiger partial charge in [0.05, 0.1) is 17.8 Å². The Morgan fingerprint density at radius 2 is 2.27 bits per heavy atom. The third-order valence-corrected chi connectivity index (χ3v) is 4.67. The van der Waals surface area contributed by atoms with E-state index < -0.39 is 0 Å². The molecule has 1 atom stereocenters. The van der Waals surface area contributed by atoms with E-state index in [0.29, 0.717) is 12.4 Å². The molecule has 8 nitrogen and oxygen atoms in total. The molecule has 4 rings (SSSR count). The number of carbonyl (C=O) groups is 1. The van der Waals surface area contributed by atoms with Gasteiger partial charge < -0.3 is 5.32 Å². The van der Waals surface area contributed by atoms with Crippen molar-refractivity contribution in [2.75, 3.05) is 0 Å². The van der Waals surface area contributed by atoms with Crippen molar-refractivity contribution in [2.24, 2.45) is 0 Å². The fourth-order valence-electron chi connectivity index (χ4n) is 3.28. The molecular weight excluding hydrogens is 330 g/mol. The number of nitrogens with zero attached hydrogens (tertiary/aromatic N) is 6. The predicted octanol–water partition coefficient (Wildman–Crippen LogP) is 1.75. The molecule has 134 valence electrons. The number of fused-ring (bicyclic) bond motifs is 1. The Kier molecular flexibility index (Phi) is 4.47. The number of carbonyl (C=O) groups excluding carboxylic acids is 1. The maximum absolute atomic E-state index is 12.7. The van der Waals surface area contributed by atoms with Crippen LogP contribution in [0.4, 0.5) is 0 Å². The summed E-state index contributed by atoms with van der Waals surface area (Å²) in [5.41, 5.74) is 3.14. The minimum atomic E-state index is -0.292. The molecule has 8 heteroatoms. The topological polar surface area (TPSA) is 90.5 Å². The number of rotatable bonds is 4. The van der Waals surface area contributed by atoms with E-state index in [2.05, 4.69) is 45.0 Å². The number of tetrazole rings is 1. The molecule has 1 aliphatic heterocycles. The van der Waals surface area contributed by atoms with Crippen molar-refractivity contribution in [2.45, 2.75) is 45.2 Å². The van der Waals surface area contributed by atoms with Gasteiger partial charge in [0.1, 0.15) is 0 Å². The lowest BCUT2D eigenvalue weighted by molar-refractivity contribution is -0.123. The van der Waals surface area contributed by atoms with Gasteiger partial charge in [0.15, 0.2) is 5.82 Å². The summed E-state index contributed by atoms with van der Waals surface area (Å²) in [7, 11) is 0. The van der Waals surface area contributed by atoms with Crippen LogP contribution >= 0.6 is 0 Å². The van der Waals surface area contributed by atoms with Gasteiger partial charge in [-0.2, -0.15) is 5.10 Å². The zero-order valence-corrected chi connectivity index (χ0v) is 14.7. The maximum atomic E-state index is 12.7. The average molecular weight is 351 g/mol. The first-order chi connectivity index (χ1) is 12.7. The molecule has 0 fully saturated rings. The van der Waals surface area contributed by atoms with E-state index in [1.807, 2.05) is 23.0 Å². The van der Waals surface area contributed by atoms with Crippen LogP contribution in [0.25, 0.3) is 5.69 Å². The molecule has 26 heavy (non-hydrogen) atoms. The molecule has 0 spiro atoms. The molecule has 0 saturated carbocycles. The maximum Gasteiger partial charge on any atom is 0.231 e. The van der Waals surface area contributed by atoms with Crippen molar-refractivity contribution >= 4 is 5.91 Å². The summed E-state index contributed by atoms with van der Waals surface area (Å²) in [5.74, 6) is 0.334. The van der Waals surface area contributed by atoms with Crippen LogP contribution in [-0.2, 0) is 17.9 Å². The highest BCUT2D eigenvalue weighted by molar-refractivity contribution is 5.82. The smallest absolute Gasteiger partial charge is 0.231 e. The van der Waals surface area contributed by atoms with Gasteiger partial charge in [-0.05, 0) is 47.9 Å². The predicted molar refractivity (Wildman–Crippen MR) is 94.6 cm³/mol. The van der Waals surface area contributed by atoms with Crippen LogP contribution < -0.4 is 5.32 Å². The quantitative estimate of drug-likeness (QED) is 0.773. The van der Waals surface area contributed by atoms with Crippen LogP contribution in [0, 0.1) is 6.92 Å². The zero-order chi connectivity index (χ0) is 17.9. The third-order valence-electron chi connectivity index (χ3n) is 4.67. The van der Waals surface area contributed by atoms with Crippen molar-refractivity contribution in [3.8, 4) is 5.69 Å². The average Bonchev–Trinajstić information content (AvgIpc) is 3.26. The Labute approximate surface area is 151 Å². The number of hydrogen-bond acceptors (Lipinski definition) is 5. The Hall–Kier alpha value is -3.03. The van der Waals surface area contributed by atoms with Gasteiger partial charge in [-0.3, -0.25) is 4.79 Å². The highest BCUT2D eigenvalue weighted by Crippen LogP contribution is 2.24. The number of nitrogens with one attached hydrogen (secondary N) is 1. The molecule has 3 heterocycles. The van der Waals surface area contributed by atoms with Gasteiger partial charge in [0.2, 0.25) is 5.91 Å². The van der Waals surface area contributed by atoms with E-state index in [9.17, 15) is 4.79 Å². The zero-order valence-electron chi connectivity index (χ0n) is 14.7. The minimum absolute atomic E-state index is 0.0359. The summed E-state index contributed by atoms with van der Waals surface area (Å²) < 4.78 is 3.56. The molecular formula is C18H21N7O. The first-order valence-corrected chi connectivity index (χ1v) is 8.85. The molecule has 0 saturated heterocycles. The molecule has 1 aliphatic rings. The monoisotopic (exact) mass is 351 g/mol. The van der Waals surface area contributed by atoms with Gasteiger partial charge >= 0.3 is 0 Å². The largest absolute Gasteiger partial charge is 0.351 e. The lowest BCUT2D eigenvalue weighted by atomic mass is 10.0. The molecule has 3 aromatic rings. The second-order valence-corrected chi connectivity index (χ2v) is 6.66. The lowest BCUT2D eigenvalue weighted by Crippen LogP contribution is -2.30. The standard InChI is InChI=1S/C18H21N7O/c1-13-5-4-6-15(9-13)25-12-14(11-20-25)10-19-18(26)16-7-2-3-8-24-17(16)21-22-23-24/h4-6,9,11-12,16H,2-3,7-8,10H2,1H3,(H,19,26)/t16-/m0/s1. The van der Waals surface area contributed by atoms with E-state index in [1.54, 1.807) is 10.9 Å². The van der Waals surface area contributed by atoms with Gasteiger partial charge in [-0.25, -0.2) is 9.36 Å². The van der Waals surface area contributed by atoms with Crippen molar-refractivity contribution < 1.29 is 4.79 Å². The number of benzene rings is 1. The van der Waals surface area contributed by atoms with E-state index in [-0.39, 0.29) is 11.8 Å². The Bertz CT molecular complexity index is 914. The van der Waals surface area contributed by atoms with Crippen molar-refractivity contribution in [3.05, 3.63) is 53.6 Å². The van der Waals surface area contributed by atoms with Gasteiger partial charge in [-0.1, -0.05) is 18.6 Å². The summed E-state index contributed by atoms with van der Waals surface area (Å²) in [4.78, 5) is 12.7. The van der Waals surface area contributed by atoms with Gasteiger partial charge in [0, 0.05) is 24.8 Å². The molecule has 1 amide bonds. The summed E-state index contributed by atoms with van der Waals surface area (Å²) in [5, 5.41) is 19.1. The number of amides is 1. The van der Waals surface area contributed by atoms with Crippen LogP contribution in [0.2, 0.25) is 0 Å². The fraction of sp³-hybridized carbons (Fsp3) is 0.389. The molecule has 1 aromatic carbocycles. The van der Waals surface area contributed by atoms with E-state index >= 15 is 0 Å². The van der Waals surface area contributed by atoms with Crippen molar-refractivity contribution in [1.82, 2.24) is 35.3 Å². The highest BCUT2D eigenvalue weighted by atomic mass is 16.1. The second-order valence-electron chi connectivity index (χ2n) is 6.66. The molecule has 0 radical (unpaired) electrons. The van der Waals surface area contributed by atoms with Crippen LogP contribution in [0.15, 0.2) is 36.7 Å². The van der Waals surface area contributed by atoms with Crippen LogP contribution in [0.5, 0.6) is 0 Å². The minimum Gasteiger partial charge on any atom is -0.351 e. The Balaban J connectivity index is 1.43. The number of aromatic nitrogens is 6. The summed E-state index contributed by atoms with van der Waals surface area (Å²) in [6.07, 6.45) is 6.46.